The Morgan fingerprint density at radius 1 is 0.906 bits per heavy atom. The summed E-state index contributed by atoms with van der Waals surface area (Å²) in [6.07, 6.45) is -0.393. The van der Waals surface area contributed by atoms with Crippen molar-refractivity contribution in [3.05, 3.63) is 59.7 Å². The van der Waals surface area contributed by atoms with E-state index in [9.17, 15) is 14.4 Å². The van der Waals surface area contributed by atoms with Gasteiger partial charge < -0.3 is 25.4 Å². The Hall–Kier alpha value is -3.55. The van der Waals surface area contributed by atoms with Crippen molar-refractivity contribution in [1.82, 2.24) is 10.6 Å². The molecule has 0 aliphatic carbocycles. The predicted molar refractivity (Wildman–Crippen MR) is 122 cm³/mol. The quantitative estimate of drug-likeness (QED) is 0.553. The van der Waals surface area contributed by atoms with E-state index in [0.29, 0.717) is 18.8 Å². The van der Waals surface area contributed by atoms with Crippen LogP contribution in [0.2, 0.25) is 0 Å². The lowest BCUT2D eigenvalue weighted by Crippen LogP contribution is -2.37. The van der Waals surface area contributed by atoms with Crippen LogP contribution in [0.1, 0.15) is 38.8 Å². The number of ether oxygens (including phenoxy) is 2. The fourth-order valence-electron chi connectivity index (χ4n) is 2.75. The van der Waals surface area contributed by atoms with Gasteiger partial charge in [0, 0.05) is 12.2 Å². The molecule has 32 heavy (non-hydrogen) atoms. The third kappa shape index (κ3) is 9.51. The maximum atomic E-state index is 12.2. The molecule has 0 aromatic heterocycles. The summed E-state index contributed by atoms with van der Waals surface area (Å²) in [4.78, 5) is 35.9. The SMILES string of the molecule is CCOc1ccc(CC(=O)NCc2cccc(NC(=O)CNC(=O)OC(C)(C)C)c2)cc1. The molecule has 0 aliphatic rings. The number of benzene rings is 2. The Balaban J connectivity index is 1.79. The summed E-state index contributed by atoms with van der Waals surface area (Å²) in [7, 11) is 0. The number of amides is 3. The second kappa shape index (κ2) is 11.7. The standard InChI is InChI=1S/C24H31N3O5/c1-5-31-20-11-9-17(10-12-20)14-21(28)25-15-18-7-6-8-19(13-18)27-22(29)16-26-23(30)32-24(2,3)4/h6-13H,5,14-16H2,1-4H3,(H,25,28)(H,26,30)(H,27,29). The minimum Gasteiger partial charge on any atom is -0.494 e. The van der Waals surface area contributed by atoms with Crippen LogP contribution in [-0.4, -0.2) is 36.7 Å². The second-order valence-corrected chi connectivity index (χ2v) is 8.13. The van der Waals surface area contributed by atoms with Crippen molar-refractivity contribution in [2.75, 3.05) is 18.5 Å². The van der Waals surface area contributed by atoms with Crippen LogP contribution in [0.3, 0.4) is 0 Å². The van der Waals surface area contributed by atoms with Gasteiger partial charge in [-0.3, -0.25) is 9.59 Å². The van der Waals surface area contributed by atoms with Crippen molar-refractivity contribution in [1.29, 1.82) is 0 Å². The van der Waals surface area contributed by atoms with E-state index < -0.39 is 11.7 Å². The first-order chi connectivity index (χ1) is 15.1. The molecule has 0 radical (unpaired) electrons. The van der Waals surface area contributed by atoms with Crippen LogP contribution in [0.4, 0.5) is 10.5 Å². The molecule has 0 atom stereocenters. The summed E-state index contributed by atoms with van der Waals surface area (Å²) >= 11 is 0. The van der Waals surface area contributed by atoms with Crippen molar-refractivity contribution in [2.45, 2.75) is 46.3 Å². The van der Waals surface area contributed by atoms with Gasteiger partial charge in [-0.05, 0) is 63.1 Å². The first kappa shape index (κ1) is 24.7. The molecule has 3 N–H and O–H groups in total. The van der Waals surface area contributed by atoms with Crippen molar-refractivity contribution >= 4 is 23.6 Å². The van der Waals surface area contributed by atoms with Gasteiger partial charge in [0.05, 0.1) is 13.0 Å². The largest absolute Gasteiger partial charge is 0.494 e. The molecule has 0 saturated carbocycles. The summed E-state index contributed by atoms with van der Waals surface area (Å²) in [5, 5.41) is 7.99. The molecule has 0 saturated heterocycles. The molecule has 0 spiro atoms. The number of alkyl carbamates (subject to hydrolysis) is 1. The Kier molecular flexibility index (Phi) is 9.07. The Labute approximate surface area is 188 Å². The highest BCUT2D eigenvalue weighted by Gasteiger charge is 2.16. The molecular formula is C24H31N3O5. The normalized spacial score (nSPS) is 10.8. The van der Waals surface area contributed by atoms with E-state index in [-0.39, 0.29) is 24.8 Å². The van der Waals surface area contributed by atoms with Crippen LogP contribution in [0.25, 0.3) is 0 Å². The van der Waals surface area contributed by atoms with Crippen molar-refractivity contribution in [2.24, 2.45) is 0 Å². The zero-order valence-corrected chi connectivity index (χ0v) is 19.0. The first-order valence-corrected chi connectivity index (χ1v) is 10.5. The minimum atomic E-state index is -0.656. The van der Waals surface area contributed by atoms with Gasteiger partial charge >= 0.3 is 6.09 Å². The highest BCUT2D eigenvalue weighted by atomic mass is 16.6. The summed E-state index contributed by atoms with van der Waals surface area (Å²) < 4.78 is 10.5. The molecule has 2 aromatic rings. The maximum Gasteiger partial charge on any atom is 0.408 e. The predicted octanol–water partition coefficient (Wildman–Crippen LogP) is 3.41. The van der Waals surface area contributed by atoms with Gasteiger partial charge in [0.2, 0.25) is 11.8 Å². The van der Waals surface area contributed by atoms with Crippen molar-refractivity contribution < 1.29 is 23.9 Å². The topological polar surface area (TPSA) is 106 Å². The molecule has 2 rings (SSSR count). The number of hydrogen-bond donors (Lipinski definition) is 3. The van der Waals surface area contributed by atoms with Gasteiger partial charge in [0.25, 0.3) is 0 Å². The Morgan fingerprint density at radius 2 is 1.62 bits per heavy atom. The lowest BCUT2D eigenvalue weighted by Gasteiger charge is -2.19. The van der Waals surface area contributed by atoms with Crippen molar-refractivity contribution in [3.63, 3.8) is 0 Å². The average Bonchev–Trinajstić information content (AvgIpc) is 2.71. The molecule has 0 bridgehead atoms. The van der Waals surface area contributed by atoms with E-state index in [1.54, 1.807) is 39.0 Å². The molecule has 8 heteroatoms. The minimum absolute atomic E-state index is 0.106. The van der Waals surface area contributed by atoms with E-state index in [2.05, 4.69) is 16.0 Å². The summed E-state index contributed by atoms with van der Waals surface area (Å²) in [6.45, 7) is 7.87. The van der Waals surface area contributed by atoms with E-state index in [1.165, 1.54) is 0 Å². The van der Waals surface area contributed by atoms with E-state index in [0.717, 1.165) is 16.9 Å². The molecule has 0 fully saturated rings. The number of nitrogens with one attached hydrogen (secondary N) is 3. The molecule has 8 nitrogen and oxygen atoms in total. The molecule has 0 unspecified atom stereocenters. The van der Waals surface area contributed by atoms with Gasteiger partial charge in [-0.1, -0.05) is 24.3 Å². The third-order valence-corrected chi connectivity index (χ3v) is 4.09. The Bertz CT molecular complexity index is 920. The van der Waals surface area contributed by atoms with Gasteiger partial charge in [-0.25, -0.2) is 4.79 Å². The molecule has 0 heterocycles. The molecule has 2 aromatic carbocycles. The smallest absolute Gasteiger partial charge is 0.408 e. The fourth-order valence-corrected chi connectivity index (χ4v) is 2.75. The monoisotopic (exact) mass is 441 g/mol. The number of hydrogen-bond acceptors (Lipinski definition) is 5. The highest BCUT2D eigenvalue weighted by Crippen LogP contribution is 2.13. The van der Waals surface area contributed by atoms with Gasteiger partial charge in [-0.15, -0.1) is 0 Å². The fraction of sp³-hybridized carbons (Fsp3) is 0.375. The molecular weight excluding hydrogens is 410 g/mol. The number of anilines is 1. The molecule has 172 valence electrons. The van der Waals surface area contributed by atoms with E-state index in [1.807, 2.05) is 37.3 Å². The summed E-state index contributed by atoms with van der Waals surface area (Å²) in [5.74, 6) is 0.287. The van der Waals surface area contributed by atoms with Crippen LogP contribution in [0.5, 0.6) is 5.75 Å². The van der Waals surface area contributed by atoms with Crippen molar-refractivity contribution in [3.8, 4) is 5.75 Å². The van der Waals surface area contributed by atoms with Gasteiger partial charge in [0.15, 0.2) is 0 Å². The molecule has 0 aliphatic heterocycles. The lowest BCUT2D eigenvalue weighted by molar-refractivity contribution is -0.120. The second-order valence-electron chi connectivity index (χ2n) is 8.13. The Morgan fingerprint density at radius 3 is 2.28 bits per heavy atom. The van der Waals surface area contributed by atoms with Gasteiger partial charge in [-0.2, -0.15) is 0 Å². The summed E-state index contributed by atoms with van der Waals surface area (Å²) in [5.41, 5.74) is 1.67. The maximum absolute atomic E-state index is 12.2. The van der Waals surface area contributed by atoms with Crippen LogP contribution < -0.4 is 20.7 Å². The van der Waals surface area contributed by atoms with Gasteiger partial charge in [0.1, 0.15) is 17.9 Å². The summed E-state index contributed by atoms with van der Waals surface area (Å²) in [6, 6.07) is 14.6. The lowest BCUT2D eigenvalue weighted by atomic mass is 10.1. The number of carbonyl (C=O) groups excluding carboxylic acids is 3. The first-order valence-electron chi connectivity index (χ1n) is 10.5. The molecule has 3 amide bonds. The van der Waals surface area contributed by atoms with Crippen LogP contribution in [0.15, 0.2) is 48.5 Å². The number of rotatable bonds is 9. The van der Waals surface area contributed by atoms with E-state index in [4.69, 9.17) is 9.47 Å². The third-order valence-electron chi connectivity index (χ3n) is 4.09. The zero-order valence-electron chi connectivity index (χ0n) is 19.0. The van der Waals surface area contributed by atoms with E-state index >= 15 is 0 Å². The van der Waals surface area contributed by atoms with Crippen LogP contribution >= 0.6 is 0 Å². The number of carbonyl (C=O) groups is 3. The highest BCUT2D eigenvalue weighted by molar-refractivity contribution is 5.93. The van der Waals surface area contributed by atoms with Crippen LogP contribution in [-0.2, 0) is 27.3 Å². The average molecular weight is 442 g/mol. The zero-order chi connectivity index (χ0) is 23.6. The van der Waals surface area contributed by atoms with Crippen LogP contribution in [0, 0.1) is 0 Å².